The van der Waals surface area contributed by atoms with Gasteiger partial charge in [-0.05, 0) is 18.5 Å². The van der Waals surface area contributed by atoms with Gasteiger partial charge in [0.15, 0.2) is 11.5 Å². The first-order valence-corrected chi connectivity index (χ1v) is 10.2. The Morgan fingerprint density at radius 3 is 2.12 bits per heavy atom. The summed E-state index contributed by atoms with van der Waals surface area (Å²) in [5, 5.41) is 14.1. The molecule has 3 aromatic rings. The smallest absolute Gasteiger partial charge is 0.226 e. The molecule has 11 heteroatoms. The summed E-state index contributed by atoms with van der Waals surface area (Å²) in [6.07, 6.45) is 3.39. The second-order valence-electron chi connectivity index (χ2n) is 6.11. The zero-order chi connectivity index (χ0) is 23.8. The number of hydrogen-bond acceptors (Lipinski definition) is 9. The van der Waals surface area contributed by atoms with Crippen molar-refractivity contribution < 1.29 is 14.2 Å². The first kappa shape index (κ1) is 24.7. The zero-order valence-corrected chi connectivity index (χ0v) is 20.0. The van der Waals surface area contributed by atoms with Gasteiger partial charge in [0.25, 0.3) is 0 Å². The van der Waals surface area contributed by atoms with Crippen LogP contribution in [0.4, 0.5) is 17.5 Å². The molecule has 0 aliphatic carbocycles. The molecule has 0 bridgehead atoms. The predicted molar refractivity (Wildman–Crippen MR) is 127 cm³/mol. The number of ether oxygens (including phenoxy) is 3. The fourth-order valence-electron chi connectivity index (χ4n) is 2.93. The van der Waals surface area contributed by atoms with E-state index in [1.54, 1.807) is 64.5 Å². The highest BCUT2D eigenvalue weighted by atomic mass is 35.5. The molecule has 0 aliphatic rings. The first-order chi connectivity index (χ1) is 15.4. The summed E-state index contributed by atoms with van der Waals surface area (Å²) < 4.78 is 18.0. The van der Waals surface area contributed by atoms with Crippen LogP contribution in [0.3, 0.4) is 0 Å². The minimum absolute atomic E-state index is 0.0518. The summed E-state index contributed by atoms with van der Waals surface area (Å²) in [5.41, 5.74) is 1.54. The van der Waals surface area contributed by atoms with Crippen LogP contribution in [0.25, 0.3) is 5.69 Å². The third-order valence-electron chi connectivity index (χ3n) is 4.27. The number of halogens is 1. The number of anilines is 3. The molecule has 0 atom stereocenters. The van der Waals surface area contributed by atoms with Crippen LogP contribution in [0.1, 0.15) is 26.3 Å². The zero-order valence-electron chi connectivity index (χ0n) is 19.2. The monoisotopic (exact) mass is 461 g/mol. The van der Waals surface area contributed by atoms with Crippen LogP contribution < -0.4 is 24.8 Å². The molecular weight excluding hydrogens is 434 g/mol. The highest BCUT2D eigenvalue weighted by Gasteiger charge is 2.17. The molecule has 0 radical (unpaired) electrons. The number of imidazole rings is 1. The van der Waals surface area contributed by atoms with Crippen molar-refractivity contribution >= 4 is 34.8 Å². The van der Waals surface area contributed by atoms with Crippen molar-refractivity contribution in [2.45, 2.75) is 20.8 Å². The molecule has 3 rings (SSSR count). The minimum Gasteiger partial charge on any atom is -0.493 e. The van der Waals surface area contributed by atoms with Gasteiger partial charge >= 0.3 is 0 Å². The van der Waals surface area contributed by atoms with E-state index in [1.165, 1.54) is 0 Å². The second-order valence-corrected chi connectivity index (χ2v) is 6.45. The Morgan fingerprint density at radius 1 is 1.03 bits per heavy atom. The molecule has 0 saturated carbocycles. The molecule has 2 heterocycles. The van der Waals surface area contributed by atoms with E-state index in [0.29, 0.717) is 40.3 Å². The Kier molecular flexibility index (Phi) is 8.65. The third kappa shape index (κ3) is 5.20. The lowest BCUT2D eigenvalue weighted by Crippen LogP contribution is -2.09. The molecule has 32 heavy (non-hydrogen) atoms. The fourth-order valence-corrected chi connectivity index (χ4v) is 3.10. The lowest BCUT2D eigenvalue weighted by Gasteiger charge is -2.14. The molecule has 0 aliphatic heterocycles. The summed E-state index contributed by atoms with van der Waals surface area (Å²) in [5.74, 6) is 2.89. The SMILES string of the molecule is CC.CNc1nc(Cl)nc(Nc2cn(-c3cc(OC)c(OC)c(OC)c3)cn2)c1C(C)=N. The van der Waals surface area contributed by atoms with Gasteiger partial charge in [0, 0.05) is 24.9 Å². The molecule has 2 aromatic heterocycles. The Bertz CT molecular complexity index is 1060. The van der Waals surface area contributed by atoms with Crippen molar-refractivity contribution in [3.8, 4) is 22.9 Å². The molecule has 3 N–H and O–H groups in total. The molecular formula is C21H28ClN7O3. The van der Waals surface area contributed by atoms with Gasteiger partial charge in [-0.15, -0.1) is 0 Å². The quantitative estimate of drug-likeness (QED) is 0.330. The van der Waals surface area contributed by atoms with E-state index in [1.807, 2.05) is 13.8 Å². The average Bonchev–Trinajstić information content (AvgIpc) is 3.26. The highest BCUT2D eigenvalue weighted by Crippen LogP contribution is 2.39. The number of rotatable bonds is 8. The molecule has 0 fully saturated rings. The normalized spacial score (nSPS) is 10.0. The van der Waals surface area contributed by atoms with Gasteiger partial charge in [-0.1, -0.05) is 13.8 Å². The van der Waals surface area contributed by atoms with E-state index >= 15 is 0 Å². The molecule has 0 unspecified atom stereocenters. The molecule has 0 spiro atoms. The Labute approximate surface area is 192 Å². The number of methoxy groups -OCH3 is 3. The van der Waals surface area contributed by atoms with Crippen molar-refractivity contribution in [1.29, 1.82) is 5.41 Å². The molecule has 1 aromatic carbocycles. The van der Waals surface area contributed by atoms with Crippen LogP contribution >= 0.6 is 11.6 Å². The van der Waals surface area contributed by atoms with Crippen molar-refractivity contribution in [3.05, 3.63) is 35.5 Å². The molecule has 0 amide bonds. The fraction of sp³-hybridized carbons (Fsp3) is 0.333. The lowest BCUT2D eigenvalue weighted by atomic mass is 10.2. The largest absolute Gasteiger partial charge is 0.493 e. The van der Waals surface area contributed by atoms with Gasteiger partial charge < -0.3 is 34.8 Å². The number of nitrogens with one attached hydrogen (secondary N) is 3. The minimum atomic E-state index is 0.0518. The Morgan fingerprint density at radius 2 is 1.62 bits per heavy atom. The molecule has 10 nitrogen and oxygen atoms in total. The van der Waals surface area contributed by atoms with Crippen molar-refractivity contribution in [3.63, 3.8) is 0 Å². The van der Waals surface area contributed by atoms with E-state index in [4.69, 9.17) is 31.2 Å². The van der Waals surface area contributed by atoms with Crippen molar-refractivity contribution in [2.24, 2.45) is 0 Å². The van der Waals surface area contributed by atoms with Gasteiger partial charge in [-0.25, -0.2) is 4.98 Å². The summed E-state index contributed by atoms with van der Waals surface area (Å²) in [6.45, 7) is 5.65. The number of benzene rings is 1. The average molecular weight is 462 g/mol. The van der Waals surface area contributed by atoms with E-state index < -0.39 is 0 Å². The second kappa shape index (κ2) is 11.2. The maximum absolute atomic E-state index is 8.06. The maximum Gasteiger partial charge on any atom is 0.226 e. The third-order valence-corrected chi connectivity index (χ3v) is 4.44. The summed E-state index contributed by atoms with van der Waals surface area (Å²) >= 11 is 6.03. The standard InChI is InChI=1S/C19H22ClN7O3.C2H6/c1-10(21)15-17(22-2)25-19(20)26-18(15)24-14-8-27(9-23-14)11-6-12(28-3)16(30-5)13(7-11)29-4;1-2/h6-9,21H,1-5H3,(H2,22,24,25,26);1-2H3. The van der Waals surface area contributed by atoms with E-state index in [-0.39, 0.29) is 11.0 Å². The molecule has 0 saturated heterocycles. The number of nitrogens with zero attached hydrogens (tertiary/aromatic N) is 4. The highest BCUT2D eigenvalue weighted by molar-refractivity contribution is 6.28. The van der Waals surface area contributed by atoms with Gasteiger partial charge in [0.1, 0.15) is 23.8 Å². The summed E-state index contributed by atoms with van der Waals surface area (Å²) in [6, 6.07) is 3.61. The molecule has 172 valence electrons. The van der Waals surface area contributed by atoms with Gasteiger partial charge in [-0.2, -0.15) is 9.97 Å². The Balaban J connectivity index is 0.00000176. The van der Waals surface area contributed by atoms with Crippen molar-refractivity contribution in [2.75, 3.05) is 39.0 Å². The maximum atomic E-state index is 8.06. The van der Waals surface area contributed by atoms with Gasteiger partial charge in [0.2, 0.25) is 11.0 Å². The summed E-state index contributed by atoms with van der Waals surface area (Å²) in [4.78, 5) is 12.7. The van der Waals surface area contributed by atoms with Crippen LogP contribution in [0.15, 0.2) is 24.7 Å². The lowest BCUT2D eigenvalue weighted by molar-refractivity contribution is 0.324. The van der Waals surface area contributed by atoms with E-state index in [9.17, 15) is 0 Å². The van der Waals surface area contributed by atoms with E-state index in [0.717, 1.165) is 5.69 Å². The first-order valence-electron chi connectivity index (χ1n) is 9.84. The van der Waals surface area contributed by atoms with Crippen LogP contribution in [-0.2, 0) is 0 Å². The van der Waals surface area contributed by atoms with Gasteiger partial charge in [-0.3, -0.25) is 0 Å². The number of aromatic nitrogens is 4. The van der Waals surface area contributed by atoms with Crippen LogP contribution in [0, 0.1) is 5.41 Å². The summed E-state index contributed by atoms with van der Waals surface area (Å²) in [7, 11) is 6.37. The van der Waals surface area contributed by atoms with Gasteiger partial charge in [0.05, 0.1) is 38.8 Å². The van der Waals surface area contributed by atoms with E-state index in [2.05, 4.69) is 25.6 Å². The van der Waals surface area contributed by atoms with Crippen molar-refractivity contribution in [1.82, 2.24) is 19.5 Å². The van der Waals surface area contributed by atoms with Crippen LogP contribution in [0.2, 0.25) is 5.28 Å². The number of hydrogen-bond donors (Lipinski definition) is 3. The predicted octanol–water partition coefficient (Wildman–Crippen LogP) is 4.54. The van der Waals surface area contributed by atoms with Crippen LogP contribution in [-0.4, -0.2) is 53.6 Å². The topological polar surface area (TPSA) is 119 Å². The van der Waals surface area contributed by atoms with Crippen LogP contribution in [0.5, 0.6) is 17.2 Å². The Hall–Kier alpha value is -3.53.